The highest BCUT2D eigenvalue weighted by atomic mass is 32.1. The standard InChI is InChI=1S/C21H30N2O2S/c1-5-14-11-18(25-4)16(12-17(14)24-3)19-20(26-21(22)23-19)13(2)15-9-7-6-8-10-15/h11-13,15H,5-10H2,1-4H3,(H2,22,23). The fraction of sp³-hybridized carbons (Fsp3) is 0.571. The van der Waals surface area contributed by atoms with Gasteiger partial charge in [0, 0.05) is 10.4 Å². The first-order chi connectivity index (χ1) is 12.6. The Morgan fingerprint density at radius 3 is 2.46 bits per heavy atom. The average molecular weight is 375 g/mol. The van der Waals surface area contributed by atoms with Crippen molar-refractivity contribution >= 4 is 16.5 Å². The molecule has 1 aliphatic rings. The van der Waals surface area contributed by atoms with E-state index < -0.39 is 0 Å². The number of aromatic nitrogens is 1. The van der Waals surface area contributed by atoms with Gasteiger partial charge in [-0.05, 0) is 48.8 Å². The summed E-state index contributed by atoms with van der Waals surface area (Å²) >= 11 is 1.62. The number of hydrogen-bond acceptors (Lipinski definition) is 5. The molecule has 0 radical (unpaired) electrons. The van der Waals surface area contributed by atoms with E-state index in [0.717, 1.165) is 34.7 Å². The minimum absolute atomic E-state index is 0.460. The van der Waals surface area contributed by atoms with E-state index in [0.29, 0.717) is 17.0 Å². The van der Waals surface area contributed by atoms with Crippen molar-refractivity contribution < 1.29 is 9.47 Å². The lowest BCUT2D eigenvalue weighted by Crippen LogP contribution is -2.13. The molecule has 142 valence electrons. The van der Waals surface area contributed by atoms with Crippen LogP contribution >= 0.6 is 11.3 Å². The van der Waals surface area contributed by atoms with Gasteiger partial charge >= 0.3 is 0 Å². The molecule has 1 aromatic carbocycles. The lowest BCUT2D eigenvalue weighted by molar-refractivity contribution is 0.318. The van der Waals surface area contributed by atoms with E-state index in [9.17, 15) is 0 Å². The first-order valence-corrected chi connectivity index (χ1v) is 10.4. The van der Waals surface area contributed by atoms with Crippen LogP contribution in [-0.2, 0) is 6.42 Å². The molecule has 3 rings (SSSR count). The second-order valence-corrected chi connectivity index (χ2v) is 8.23. The number of hydrogen-bond donors (Lipinski definition) is 1. The fourth-order valence-corrected chi connectivity index (χ4v) is 5.11. The van der Waals surface area contributed by atoms with Crippen molar-refractivity contribution in [3.8, 4) is 22.8 Å². The summed E-state index contributed by atoms with van der Waals surface area (Å²) in [6.07, 6.45) is 7.53. The molecule has 4 nitrogen and oxygen atoms in total. The van der Waals surface area contributed by atoms with Gasteiger partial charge in [-0.2, -0.15) is 0 Å². The zero-order valence-corrected chi connectivity index (χ0v) is 17.1. The van der Waals surface area contributed by atoms with Crippen molar-refractivity contribution in [2.24, 2.45) is 5.92 Å². The molecule has 2 aromatic rings. The van der Waals surface area contributed by atoms with Crippen LogP contribution in [0, 0.1) is 5.92 Å². The smallest absolute Gasteiger partial charge is 0.180 e. The van der Waals surface area contributed by atoms with Crippen molar-refractivity contribution in [2.45, 2.75) is 58.3 Å². The third-order valence-corrected chi connectivity index (χ3v) is 6.76. The number of nitrogen functional groups attached to an aromatic ring is 1. The van der Waals surface area contributed by atoms with Crippen LogP contribution in [0.15, 0.2) is 12.1 Å². The summed E-state index contributed by atoms with van der Waals surface area (Å²) in [5.74, 6) is 2.89. The van der Waals surface area contributed by atoms with Crippen LogP contribution in [0.3, 0.4) is 0 Å². The topological polar surface area (TPSA) is 57.4 Å². The van der Waals surface area contributed by atoms with Crippen LogP contribution in [-0.4, -0.2) is 19.2 Å². The molecule has 1 aliphatic carbocycles. The summed E-state index contributed by atoms with van der Waals surface area (Å²) in [5.41, 5.74) is 9.22. The molecule has 0 bridgehead atoms. The third-order valence-electron chi connectivity index (χ3n) is 5.68. The SMILES string of the molecule is CCc1cc(OC)c(-c2nc(N)sc2C(C)C2CCCCC2)cc1OC. The molecule has 0 spiro atoms. The molecule has 0 amide bonds. The summed E-state index contributed by atoms with van der Waals surface area (Å²) in [5, 5.41) is 0.623. The number of ether oxygens (including phenoxy) is 2. The zero-order valence-electron chi connectivity index (χ0n) is 16.3. The molecule has 1 unspecified atom stereocenters. The van der Waals surface area contributed by atoms with Crippen molar-refractivity contribution in [1.82, 2.24) is 4.98 Å². The van der Waals surface area contributed by atoms with E-state index in [4.69, 9.17) is 20.2 Å². The highest BCUT2D eigenvalue weighted by Crippen LogP contribution is 2.46. The Morgan fingerprint density at radius 2 is 1.85 bits per heavy atom. The summed E-state index contributed by atoms with van der Waals surface area (Å²) in [7, 11) is 3.43. The predicted octanol–water partition coefficient (Wildman–Crippen LogP) is 5.66. The molecule has 5 heteroatoms. The minimum atomic E-state index is 0.460. The van der Waals surface area contributed by atoms with Gasteiger partial charge in [0.1, 0.15) is 11.5 Å². The van der Waals surface area contributed by atoms with Gasteiger partial charge in [-0.3, -0.25) is 0 Å². The number of anilines is 1. The van der Waals surface area contributed by atoms with E-state index in [1.54, 1.807) is 25.6 Å². The molecule has 0 saturated heterocycles. The second-order valence-electron chi connectivity index (χ2n) is 7.17. The quantitative estimate of drug-likeness (QED) is 0.709. The Hall–Kier alpha value is -1.75. The largest absolute Gasteiger partial charge is 0.496 e. The van der Waals surface area contributed by atoms with Crippen molar-refractivity contribution in [3.05, 3.63) is 22.6 Å². The molecule has 26 heavy (non-hydrogen) atoms. The zero-order chi connectivity index (χ0) is 18.7. The van der Waals surface area contributed by atoms with E-state index in [2.05, 4.69) is 26.0 Å². The highest BCUT2D eigenvalue weighted by molar-refractivity contribution is 7.15. The molecule has 1 fully saturated rings. The van der Waals surface area contributed by atoms with Gasteiger partial charge in [0.2, 0.25) is 0 Å². The van der Waals surface area contributed by atoms with Gasteiger partial charge in [0.05, 0.1) is 19.9 Å². The molecule has 0 aliphatic heterocycles. The van der Waals surface area contributed by atoms with E-state index >= 15 is 0 Å². The van der Waals surface area contributed by atoms with Crippen molar-refractivity contribution in [2.75, 3.05) is 20.0 Å². The third kappa shape index (κ3) is 3.68. The van der Waals surface area contributed by atoms with Crippen LogP contribution in [0.4, 0.5) is 5.13 Å². The Morgan fingerprint density at radius 1 is 1.15 bits per heavy atom. The molecule has 1 saturated carbocycles. The molecule has 1 aromatic heterocycles. The molecule has 2 N–H and O–H groups in total. The second kappa shape index (κ2) is 8.30. The van der Waals surface area contributed by atoms with Gasteiger partial charge < -0.3 is 15.2 Å². The Kier molecular flexibility index (Phi) is 6.07. The van der Waals surface area contributed by atoms with Gasteiger partial charge in [0.15, 0.2) is 5.13 Å². The number of thiazole rings is 1. The summed E-state index contributed by atoms with van der Waals surface area (Å²) < 4.78 is 11.3. The predicted molar refractivity (Wildman–Crippen MR) is 109 cm³/mol. The van der Waals surface area contributed by atoms with E-state index in [-0.39, 0.29) is 0 Å². The van der Waals surface area contributed by atoms with E-state index in [1.807, 2.05) is 0 Å². The number of benzene rings is 1. The normalized spacial score (nSPS) is 16.5. The summed E-state index contributed by atoms with van der Waals surface area (Å²) in [6.45, 7) is 4.45. The maximum Gasteiger partial charge on any atom is 0.180 e. The maximum atomic E-state index is 6.14. The summed E-state index contributed by atoms with van der Waals surface area (Å²) in [4.78, 5) is 5.97. The minimum Gasteiger partial charge on any atom is -0.496 e. The van der Waals surface area contributed by atoms with Gasteiger partial charge in [-0.25, -0.2) is 4.98 Å². The first-order valence-electron chi connectivity index (χ1n) is 9.60. The van der Waals surface area contributed by atoms with Crippen LogP contribution in [0.5, 0.6) is 11.5 Å². The Labute approximate surface area is 160 Å². The fourth-order valence-electron chi connectivity index (χ4n) is 4.12. The van der Waals surface area contributed by atoms with Gasteiger partial charge in [-0.1, -0.05) is 33.1 Å². The first kappa shape index (κ1) is 19.0. The van der Waals surface area contributed by atoms with Gasteiger partial charge in [-0.15, -0.1) is 11.3 Å². The average Bonchev–Trinajstić information content (AvgIpc) is 3.08. The lowest BCUT2D eigenvalue weighted by atomic mass is 9.79. The number of rotatable bonds is 6. The molecular weight excluding hydrogens is 344 g/mol. The monoisotopic (exact) mass is 374 g/mol. The molecule has 1 heterocycles. The summed E-state index contributed by atoms with van der Waals surface area (Å²) in [6, 6.07) is 4.13. The van der Waals surface area contributed by atoms with E-state index in [1.165, 1.54) is 37.0 Å². The van der Waals surface area contributed by atoms with Crippen LogP contribution in [0.1, 0.15) is 62.3 Å². The lowest BCUT2D eigenvalue weighted by Gasteiger charge is -2.27. The Balaban J connectivity index is 2.07. The highest BCUT2D eigenvalue weighted by Gasteiger charge is 2.28. The molecule has 1 atom stereocenters. The van der Waals surface area contributed by atoms with Crippen LogP contribution in [0.25, 0.3) is 11.3 Å². The maximum absolute atomic E-state index is 6.14. The number of nitrogens with zero attached hydrogens (tertiary/aromatic N) is 1. The number of methoxy groups -OCH3 is 2. The van der Waals surface area contributed by atoms with Crippen molar-refractivity contribution in [1.29, 1.82) is 0 Å². The van der Waals surface area contributed by atoms with Crippen LogP contribution < -0.4 is 15.2 Å². The van der Waals surface area contributed by atoms with Gasteiger partial charge in [0.25, 0.3) is 0 Å². The molecular formula is C21H30N2O2S. The number of nitrogens with two attached hydrogens (primary N) is 1. The number of aryl methyl sites for hydroxylation is 1. The van der Waals surface area contributed by atoms with Crippen LogP contribution in [0.2, 0.25) is 0 Å². The van der Waals surface area contributed by atoms with Crippen molar-refractivity contribution in [3.63, 3.8) is 0 Å². The Bertz CT molecular complexity index is 751.